The van der Waals surface area contributed by atoms with E-state index in [9.17, 15) is 9.18 Å². The highest BCUT2D eigenvalue weighted by atomic mass is 32.1. The molecule has 27 heavy (non-hydrogen) atoms. The number of thiazole rings is 1. The fourth-order valence-corrected chi connectivity index (χ4v) is 3.32. The van der Waals surface area contributed by atoms with Gasteiger partial charge in [0.25, 0.3) is 5.91 Å². The fraction of sp³-hybridized carbons (Fsp3) is 0.200. The maximum absolute atomic E-state index is 13.5. The number of nitrogens with zero attached hydrogens (tertiary/aromatic N) is 1. The van der Waals surface area contributed by atoms with Gasteiger partial charge in [0.15, 0.2) is 11.7 Å². The van der Waals surface area contributed by atoms with Crippen LogP contribution in [0.1, 0.15) is 11.1 Å². The van der Waals surface area contributed by atoms with Crippen molar-refractivity contribution in [1.82, 2.24) is 4.98 Å². The lowest BCUT2D eigenvalue weighted by molar-refractivity contribution is -0.118. The van der Waals surface area contributed by atoms with Gasteiger partial charge in [0.1, 0.15) is 17.3 Å². The SMILES string of the molecule is COc1ccc(F)cc1-c1csc(NC(=O)COc2ccc(C)cc2C)n1. The molecule has 0 radical (unpaired) electrons. The number of ether oxygens (including phenoxy) is 2. The third kappa shape index (κ3) is 4.62. The summed E-state index contributed by atoms with van der Waals surface area (Å²) in [6, 6.07) is 9.98. The van der Waals surface area contributed by atoms with Gasteiger partial charge in [-0.3, -0.25) is 10.1 Å². The molecule has 0 aliphatic rings. The standard InChI is InChI=1S/C20H19FN2O3S/c1-12-4-6-17(13(2)8-12)26-10-19(24)23-20-22-16(11-27-20)15-9-14(21)5-7-18(15)25-3/h4-9,11H,10H2,1-3H3,(H,22,23,24). The minimum absolute atomic E-state index is 0.123. The number of carbonyl (C=O) groups excluding carboxylic acids is 1. The van der Waals surface area contributed by atoms with Crippen molar-refractivity contribution in [1.29, 1.82) is 0 Å². The van der Waals surface area contributed by atoms with Crippen LogP contribution in [0.2, 0.25) is 0 Å². The van der Waals surface area contributed by atoms with E-state index in [0.29, 0.717) is 27.9 Å². The molecule has 1 heterocycles. The number of aromatic nitrogens is 1. The van der Waals surface area contributed by atoms with Gasteiger partial charge in [-0.2, -0.15) is 0 Å². The molecule has 1 aromatic heterocycles. The summed E-state index contributed by atoms with van der Waals surface area (Å²) < 4.78 is 24.3. The highest BCUT2D eigenvalue weighted by Gasteiger charge is 2.13. The van der Waals surface area contributed by atoms with Crippen molar-refractivity contribution in [3.63, 3.8) is 0 Å². The second kappa shape index (κ2) is 8.18. The van der Waals surface area contributed by atoms with Crippen LogP contribution in [-0.4, -0.2) is 24.6 Å². The van der Waals surface area contributed by atoms with Crippen LogP contribution in [0.25, 0.3) is 11.3 Å². The van der Waals surface area contributed by atoms with Crippen LogP contribution in [0.3, 0.4) is 0 Å². The third-order valence-electron chi connectivity index (χ3n) is 3.88. The summed E-state index contributed by atoms with van der Waals surface area (Å²) in [5, 5.41) is 4.84. The Labute approximate surface area is 160 Å². The van der Waals surface area contributed by atoms with Crippen LogP contribution in [0.4, 0.5) is 9.52 Å². The first-order chi connectivity index (χ1) is 13.0. The molecule has 0 fully saturated rings. The van der Waals surface area contributed by atoms with Gasteiger partial charge in [-0.1, -0.05) is 17.7 Å². The smallest absolute Gasteiger partial charge is 0.264 e. The maximum Gasteiger partial charge on any atom is 0.264 e. The molecular weight excluding hydrogens is 367 g/mol. The predicted octanol–water partition coefficient (Wildman–Crippen LogP) is 4.59. The van der Waals surface area contributed by atoms with Crippen molar-refractivity contribution >= 4 is 22.4 Å². The van der Waals surface area contributed by atoms with E-state index in [1.807, 2.05) is 32.0 Å². The predicted molar refractivity (Wildman–Crippen MR) is 104 cm³/mol. The molecule has 140 valence electrons. The van der Waals surface area contributed by atoms with Crippen LogP contribution in [-0.2, 0) is 4.79 Å². The van der Waals surface area contributed by atoms with E-state index in [-0.39, 0.29) is 18.3 Å². The summed E-state index contributed by atoms with van der Waals surface area (Å²) >= 11 is 1.25. The highest BCUT2D eigenvalue weighted by Crippen LogP contribution is 2.32. The van der Waals surface area contributed by atoms with Crippen molar-refractivity contribution in [3.05, 3.63) is 58.7 Å². The lowest BCUT2D eigenvalue weighted by Gasteiger charge is -2.09. The Bertz CT molecular complexity index is 972. The van der Waals surface area contributed by atoms with E-state index in [4.69, 9.17) is 9.47 Å². The Morgan fingerprint density at radius 2 is 1.96 bits per heavy atom. The molecule has 3 aromatic rings. The van der Waals surface area contributed by atoms with Crippen molar-refractivity contribution < 1.29 is 18.7 Å². The number of rotatable bonds is 6. The summed E-state index contributed by atoms with van der Waals surface area (Å²) in [6.45, 7) is 3.80. The Hall–Kier alpha value is -2.93. The molecule has 7 heteroatoms. The average molecular weight is 386 g/mol. The fourth-order valence-electron chi connectivity index (χ4n) is 2.60. The normalized spacial score (nSPS) is 10.5. The molecular formula is C20H19FN2O3S. The van der Waals surface area contributed by atoms with E-state index in [2.05, 4.69) is 10.3 Å². The molecule has 0 aliphatic carbocycles. The van der Waals surface area contributed by atoms with Gasteiger partial charge in [0.05, 0.1) is 12.8 Å². The number of anilines is 1. The summed E-state index contributed by atoms with van der Waals surface area (Å²) in [6.07, 6.45) is 0. The van der Waals surface area contributed by atoms with Crippen molar-refractivity contribution in [2.75, 3.05) is 19.0 Å². The number of methoxy groups -OCH3 is 1. The van der Waals surface area contributed by atoms with Crippen LogP contribution in [0.5, 0.6) is 11.5 Å². The number of halogens is 1. The maximum atomic E-state index is 13.5. The van der Waals surface area contributed by atoms with Crippen molar-refractivity contribution in [2.24, 2.45) is 0 Å². The molecule has 0 bridgehead atoms. The Kier molecular flexibility index (Phi) is 5.71. The van der Waals surface area contributed by atoms with E-state index >= 15 is 0 Å². The van der Waals surface area contributed by atoms with Crippen molar-refractivity contribution in [3.8, 4) is 22.8 Å². The van der Waals surface area contributed by atoms with Gasteiger partial charge in [0, 0.05) is 10.9 Å². The molecule has 0 aliphatic heterocycles. The summed E-state index contributed by atoms with van der Waals surface area (Å²) in [5.74, 6) is 0.478. The van der Waals surface area contributed by atoms with E-state index in [0.717, 1.165) is 11.1 Å². The number of hydrogen-bond donors (Lipinski definition) is 1. The van der Waals surface area contributed by atoms with Gasteiger partial charge in [0.2, 0.25) is 0 Å². The first kappa shape index (κ1) is 18.8. The zero-order valence-corrected chi connectivity index (χ0v) is 16.0. The minimum atomic E-state index is -0.383. The molecule has 2 aromatic carbocycles. The van der Waals surface area contributed by atoms with Gasteiger partial charge in [-0.25, -0.2) is 9.37 Å². The van der Waals surface area contributed by atoms with Crippen LogP contribution in [0, 0.1) is 19.7 Å². The molecule has 1 amide bonds. The quantitative estimate of drug-likeness (QED) is 0.673. The first-order valence-electron chi connectivity index (χ1n) is 8.25. The van der Waals surface area contributed by atoms with E-state index in [1.54, 1.807) is 11.4 Å². The summed E-state index contributed by atoms with van der Waals surface area (Å²) in [4.78, 5) is 16.5. The Balaban J connectivity index is 1.65. The van der Waals surface area contributed by atoms with Gasteiger partial charge in [-0.05, 0) is 43.7 Å². The van der Waals surface area contributed by atoms with Crippen LogP contribution in [0.15, 0.2) is 41.8 Å². The minimum Gasteiger partial charge on any atom is -0.496 e. The summed E-state index contributed by atoms with van der Waals surface area (Å²) in [5.41, 5.74) is 3.16. The monoisotopic (exact) mass is 386 g/mol. The van der Waals surface area contributed by atoms with E-state index < -0.39 is 0 Å². The lowest BCUT2D eigenvalue weighted by Crippen LogP contribution is -2.20. The molecule has 0 saturated carbocycles. The molecule has 0 unspecified atom stereocenters. The van der Waals surface area contributed by atoms with E-state index in [1.165, 1.54) is 30.6 Å². The second-order valence-corrected chi connectivity index (χ2v) is 6.85. The number of benzene rings is 2. The summed E-state index contributed by atoms with van der Waals surface area (Å²) in [7, 11) is 1.51. The Morgan fingerprint density at radius 3 is 2.70 bits per heavy atom. The van der Waals surface area contributed by atoms with Gasteiger partial charge in [-0.15, -0.1) is 11.3 Å². The second-order valence-electron chi connectivity index (χ2n) is 5.99. The molecule has 3 rings (SSSR count). The lowest BCUT2D eigenvalue weighted by atomic mass is 10.1. The Morgan fingerprint density at radius 1 is 1.19 bits per heavy atom. The number of amides is 1. The number of hydrogen-bond acceptors (Lipinski definition) is 5. The zero-order chi connectivity index (χ0) is 19.4. The third-order valence-corrected chi connectivity index (χ3v) is 4.63. The average Bonchev–Trinajstić information content (AvgIpc) is 3.09. The van der Waals surface area contributed by atoms with Gasteiger partial charge < -0.3 is 9.47 Å². The highest BCUT2D eigenvalue weighted by molar-refractivity contribution is 7.14. The van der Waals surface area contributed by atoms with Crippen LogP contribution >= 0.6 is 11.3 Å². The number of carbonyl (C=O) groups is 1. The molecule has 1 N–H and O–H groups in total. The molecule has 5 nitrogen and oxygen atoms in total. The van der Waals surface area contributed by atoms with Crippen molar-refractivity contribution in [2.45, 2.75) is 13.8 Å². The number of aryl methyl sites for hydroxylation is 2. The number of nitrogens with one attached hydrogen (secondary N) is 1. The first-order valence-corrected chi connectivity index (χ1v) is 9.13. The van der Waals surface area contributed by atoms with Gasteiger partial charge >= 0.3 is 0 Å². The topological polar surface area (TPSA) is 60.5 Å². The molecule has 0 saturated heterocycles. The largest absolute Gasteiger partial charge is 0.496 e. The van der Waals surface area contributed by atoms with Crippen LogP contribution < -0.4 is 14.8 Å². The zero-order valence-electron chi connectivity index (χ0n) is 15.2. The molecule has 0 spiro atoms. The molecule has 0 atom stereocenters.